The summed E-state index contributed by atoms with van der Waals surface area (Å²) in [5.41, 5.74) is 0.831. The van der Waals surface area contributed by atoms with E-state index in [2.05, 4.69) is 0 Å². The molecule has 0 bridgehead atoms. The molecule has 0 fully saturated rings. The van der Waals surface area contributed by atoms with Crippen LogP contribution in [0.4, 0.5) is 0 Å². The van der Waals surface area contributed by atoms with Crippen LogP contribution in [-0.2, 0) is 15.5 Å². The van der Waals surface area contributed by atoms with Gasteiger partial charge in [-0.05, 0) is 31.0 Å². The molecule has 0 aromatic heterocycles. The van der Waals surface area contributed by atoms with Crippen LogP contribution in [0, 0.1) is 0 Å². The molecule has 1 aromatic rings. The lowest BCUT2D eigenvalue weighted by molar-refractivity contribution is 0.340. The molecule has 0 unspecified atom stereocenters. The molecule has 0 aliphatic carbocycles. The zero-order valence-electron chi connectivity index (χ0n) is 8.74. The fourth-order valence-electron chi connectivity index (χ4n) is 1.21. The molecule has 90 valence electrons. The number of hydrogen-bond acceptors (Lipinski definition) is 3. The molecule has 0 heterocycles. The first kappa shape index (κ1) is 13.6. The number of benzene rings is 1. The Labute approximate surface area is 105 Å². The van der Waals surface area contributed by atoms with Crippen molar-refractivity contribution in [1.82, 2.24) is 0 Å². The number of hydrogen-bond donors (Lipinski definition) is 0. The highest BCUT2D eigenvalue weighted by Crippen LogP contribution is 2.25. The summed E-state index contributed by atoms with van der Waals surface area (Å²) in [6, 6.07) is 5.17. The van der Waals surface area contributed by atoms with Crippen LogP contribution in [0.2, 0.25) is 5.02 Å². The van der Waals surface area contributed by atoms with Crippen molar-refractivity contribution in [3.8, 4) is 5.75 Å². The molecular formula is C10H12Cl2O3S. The fraction of sp³-hybridized carbons (Fsp3) is 0.400. The van der Waals surface area contributed by atoms with Crippen LogP contribution in [0.1, 0.15) is 12.5 Å². The topological polar surface area (TPSA) is 43.4 Å². The van der Waals surface area contributed by atoms with Crippen LogP contribution in [-0.4, -0.2) is 20.8 Å². The van der Waals surface area contributed by atoms with E-state index >= 15 is 0 Å². The van der Waals surface area contributed by atoms with E-state index in [9.17, 15) is 8.42 Å². The van der Waals surface area contributed by atoms with Gasteiger partial charge < -0.3 is 4.74 Å². The summed E-state index contributed by atoms with van der Waals surface area (Å²) in [6.45, 7) is 2.36. The van der Waals surface area contributed by atoms with E-state index in [1.807, 2.05) is 6.92 Å². The second-order valence-electron chi connectivity index (χ2n) is 3.19. The first-order valence-corrected chi connectivity index (χ1v) is 7.61. The van der Waals surface area contributed by atoms with Gasteiger partial charge in [0, 0.05) is 10.7 Å². The van der Waals surface area contributed by atoms with Gasteiger partial charge >= 0.3 is 0 Å². The Morgan fingerprint density at radius 3 is 2.62 bits per heavy atom. The van der Waals surface area contributed by atoms with Crippen molar-refractivity contribution in [2.24, 2.45) is 0 Å². The second-order valence-corrected chi connectivity index (χ2v) is 6.49. The molecule has 0 amide bonds. The third-order valence-corrected chi connectivity index (χ3v) is 3.40. The van der Waals surface area contributed by atoms with E-state index < -0.39 is 9.05 Å². The summed E-state index contributed by atoms with van der Waals surface area (Å²) in [7, 11) is 1.67. The van der Waals surface area contributed by atoms with Crippen molar-refractivity contribution in [3.05, 3.63) is 28.8 Å². The number of rotatable bonds is 5. The van der Waals surface area contributed by atoms with Gasteiger partial charge in [-0.15, -0.1) is 0 Å². The van der Waals surface area contributed by atoms with Crippen LogP contribution >= 0.6 is 22.3 Å². The maximum Gasteiger partial charge on any atom is 0.232 e. The molecule has 1 aromatic carbocycles. The molecule has 0 saturated heterocycles. The van der Waals surface area contributed by atoms with E-state index in [0.29, 0.717) is 23.8 Å². The maximum absolute atomic E-state index is 10.8. The average Bonchev–Trinajstić information content (AvgIpc) is 2.18. The predicted molar refractivity (Wildman–Crippen MR) is 66.0 cm³/mol. The minimum atomic E-state index is -3.46. The molecule has 0 atom stereocenters. The number of ether oxygens (including phenoxy) is 1. The lowest BCUT2D eigenvalue weighted by Gasteiger charge is -2.07. The maximum atomic E-state index is 10.8. The van der Waals surface area contributed by atoms with E-state index in [4.69, 9.17) is 27.0 Å². The molecule has 3 nitrogen and oxygen atoms in total. The zero-order chi connectivity index (χ0) is 12.2. The van der Waals surface area contributed by atoms with Crippen molar-refractivity contribution < 1.29 is 13.2 Å². The molecule has 0 aliphatic heterocycles. The van der Waals surface area contributed by atoms with Crippen molar-refractivity contribution in [1.29, 1.82) is 0 Å². The minimum Gasteiger partial charge on any atom is -0.492 e. The molecule has 16 heavy (non-hydrogen) atoms. The minimum absolute atomic E-state index is 0.0955. The third-order valence-electron chi connectivity index (χ3n) is 1.93. The van der Waals surface area contributed by atoms with Gasteiger partial charge in [-0.25, -0.2) is 8.42 Å². The Balaban J connectivity index is 2.78. The van der Waals surface area contributed by atoms with Crippen molar-refractivity contribution in [3.63, 3.8) is 0 Å². The van der Waals surface area contributed by atoms with Crippen LogP contribution in [0.25, 0.3) is 0 Å². The van der Waals surface area contributed by atoms with Gasteiger partial charge in [0.1, 0.15) is 5.75 Å². The van der Waals surface area contributed by atoms with Crippen LogP contribution < -0.4 is 4.74 Å². The Morgan fingerprint density at radius 2 is 2.06 bits per heavy atom. The summed E-state index contributed by atoms with van der Waals surface area (Å²) in [6.07, 6.45) is 0.350. The van der Waals surface area contributed by atoms with Gasteiger partial charge in [0.25, 0.3) is 0 Å². The lowest BCUT2D eigenvalue weighted by atomic mass is 10.1. The summed E-state index contributed by atoms with van der Waals surface area (Å²) in [5, 5.41) is 0.513. The van der Waals surface area contributed by atoms with Crippen LogP contribution in [0.3, 0.4) is 0 Å². The van der Waals surface area contributed by atoms with E-state index in [1.54, 1.807) is 18.2 Å². The summed E-state index contributed by atoms with van der Waals surface area (Å²) >= 11 is 5.90. The van der Waals surface area contributed by atoms with Gasteiger partial charge in [-0.1, -0.05) is 17.7 Å². The second kappa shape index (κ2) is 5.75. The molecule has 0 N–H and O–H groups in total. The summed E-state index contributed by atoms with van der Waals surface area (Å²) in [4.78, 5) is 0. The quantitative estimate of drug-likeness (QED) is 0.780. The molecule has 0 radical (unpaired) electrons. The van der Waals surface area contributed by atoms with Gasteiger partial charge in [0.15, 0.2) is 0 Å². The monoisotopic (exact) mass is 282 g/mol. The van der Waals surface area contributed by atoms with E-state index in [1.165, 1.54) is 0 Å². The third kappa shape index (κ3) is 4.60. The highest BCUT2D eigenvalue weighted by atomic mass is 35.7. The van der Waals surface area contributed by atoms with Gasteiger partial charge in [0.05, 0.1) is 17.4 Å². The zero-order valence-corrected chi connectivity index (χ0v) is 11.1. The van der Waals surface area contributed by atoms with Crippen molar-refractivity contribution in [2.75, 3.05) is 12.4 Å². The first-order chi connectivity index (χ1) is 7.42. The molecule has 1 rings (SSSR count). The van der Waals surface area contributed by atoms with E-state index in [-0.39, 0.29) is 5.75 Å². The van der Waals surface area contributed by atoms with Crippen molar-refractivity contribution >= 4 is 31.3 Å². The molecule has 0 saturated carbocycles. The summed E-state index contributed by atoms with van der Waals surface area (Å²) < 4.78 is 26.9. The molecule has 6 heteroatoms. The van der Waals surface area contributed by atoms with Crippen LogP contribution in [0.15, 0.2) is 18.2 Å². The van der Waals surface area contributed by atoms with Gasteiger partial charge in [-0.2, -0.15) is 0 Å². The first-order valence-electron chi connectivity index (χ1n) is 4.76. The normalized spacial score (nSPS) is 11.4. The number of halogens is 2. The number of aryl methyl sites for hydroxylation is 1. The highest BCUT2D eigenvalue weighted by molar-refractivity contribution is 8.13. The summed E-state index contributed by atoms with van der Waals surface area (Å²) in [5.74, 6) is 0.468. The SMILES string of the molecule is CCOc1cc(CCS(=O)(=O)Cl)ccc1Cl. The lowest BCUT2D eigenvalue weighted by Crippen LogP contribution is -2.01. The average molecular weight is 283 g/mol. The Hall–Kier alpha value is -0.450. The van der Waals surface area contributed by atoms with E-state index in [0.717, 1.165) is 5.56 Å². The van der Waals surface area contributed by atoms with Gasteiger partial charge in [0.2, 0.25) is 9.05 Å². The Morgan fingerprint density at radius 1 is 1.38 bits per heavy atom. The van der Waals surface area contributed by atoms with Crippen molar-refractivity contribution in [2.45, 2.75) is 13.3 Å². The Kier molecular flexibility index (Phi) is 4.89. The molecular weight excluding hydrogens is 271 g/mol. The fourth-order valence-corrected chi connectivity index (χ4v) is 2.09. The predicted octanol–water partition coefficient (Wildman–Crippen LogP) is 2.85. The Bertz CT molecular complexity index is 457. The standard InChI is InChI=1S/C10H12Cl2O3S/c1-2-15-10-7-8(3-4-9(10)11)5-6-16(12,13)14/h3-4,7H,2,5-6H2,1H3. The molecule has 0 aliphatic rings. The van der Waals surface area contributed by atoms with Crippen LogP contribution in [0.5, 0.6) is 5.75 Å². The van der Waals surface area contributed by atoms with Gasteiger partial charge in [-0.3, -0.25) is 0 Å². The highest BCUT2D eigenvalue weighted by Gasteiger charge is 2.08. The molecule has 0 spiro atoms. The largest absolute Gasteiger partial charge is 0.492 e. The smallest absolute Gasteiger partial charge is 0.232 e.